The van der Waals surface area contributed by atoms with Gasteiger partial charge < -0.3 is 20.0 Å². The van der Waals surface area contributed by atoms with Crippen LogP contribution in [0.4, 0.5) is 0 Å². The quantitative estimate of drug-likeness (QED) is 0.901. The van der Waals surface area contributed by atoms with Crippen molar-refractivity contribution in [1.29, 1.82) is 0 Å². The molecule has 21 heavy (non-hydrogen) atoms. The minimum atomic E-state index is -0.470. The number of hydrogen-bond donors (Lipinski definition) is 1. The molecule has 0 saturated carbocycles. The second-order valence-electron chi connectivity index (χ2n) is 5.36. The van der Waals surface area contributed by atoms with Crippen molar-refractivity contribution in [3.63, 3.8) is 0 Å². The number of carbonyl (C=O) groups is 2. The highest BCUT2D eigenvalue weighted by molar-refractivity contribution is 5.91. The standard InChI is InChI=1S/C14H21N3O3.ClH/c1-10(2)12(15)14(19)17-7-5-16(6-8-17)13(18)11-4-3-9-20-11;/h3-4,9-10,12H,5-8,15H2,1-2H3;1H/t12-;/m0./s1. The third-order valence-electron chi connectivity index (χ3n) is 3.61. The minimum absolute atomic E-state index is 0. The molecule has 0 bridgehead atoms. The van der Waals surface area contributed by atoms with Gasteiger partial charge in [-0.05, 0) is 18.1 Å². The molecule has 1 aromatic rings. The van der Waals surface area contributed by atoms with E-state index in [0.29, 0.717) is 31.9 Å². The van der Waals surface area contributed by atoms with Gasteiger partial charge in [-0.25, -0.2) is 0 Å². The Morgan fingerprint density at radius 3 is 2.24 bits per heavy atom. The van der Waals surface area contributed by atoms with Crippen LogP contribution in [0.3, 0.4) is 0 Å². The van der Waals surface area contributed by atoms with Crippen LogP contribution in [-0.4, -0.2) is 53.8 Å². The zero-order valence-corrected chi connectivity index (χ0v) is 13.1. The molecule has 2 amide bonds. The van der Waals surface area contributed by atoms with Crippen molar-refractivity contribution < 1.29 is 14.0 Å². The van der Waals surface area contributed by atoms with Crippen molar-refractivity contribution in [2.45, 2.75) is 19.9 Å². The van der Waals surface area contributed by atoms with Gasteiger partial charge in [-0.15, -0.1) is 12.4 Å². The van der Waals surface area contributed by atoms with Gasteiger partial charge in [0.2, 0.25) is 5.91 Å². The lowest BCUT2D eigenvalue weighted by Crippen LogP contribution is -2.55. The van der Waals surface area contributed by atoms with Gasteiger partial charge in [0.05, 0.1) is 12.3 Å². The normalized spacial score (nSPS) is 16.6. The zero-order valence-electron chi connectivity index (χ0n) is 12.3. The van der Waals surface area contributed by atoms with Crippen LogP contribution in [0, 0.1) is 5.92 Å². The van der Waals surface area contributed by atoms with Crippen LogP contribution in [-0.2, 0) is 4.79 Å². The Bertz CT molecular complexity index is 468. The molecular formula is C14H22ClN3O3. The number of hydrogen-bond acceptors (Lipinski definition) is 4. The Kier molecular flexibility index (Phi) is 6.23. The van der Waals surface area contributed by atoms with E-state index in [1.807, 2.05) is 13.8 Å². The Hall–Kier alpha value is -1.53. The summed E-state index contributed by atoms with van der Waals surface area (Å²) in [5.41, 5.74) is 5.88. The minimum Gasteiger partial charge on any atom is -0.459 e. The van der Waals surface area contributed by atoms with Crippen molar-refractivity contribution in [2.75, 3.05) is 26.2 Å². The molecule has 1 aromatic heterocycles. The van der Waals surface area contributed by atoms with Crippen LogP contribution >= 0.6 is 12.4 Å². The Morgan fingerprint density at radius 2 is 1.76 bits per heavy atom. The average molecular weight is 316 g/mol. The lowest BCUT2D eigenvalue weighted by Gasteiger charge is -2.36. The number of piperazine rings is 1. The van der Waals surface area contributed by atoms with Gasteiger partial charge in [0.1, 0.15) is 0 Å². The van der Waals surface area contributed by atoms with E-state index in [1.54, 1.807) is 21.9 Å². The predicted octanol–water partition coefficient (Wildman–Crippen LogP) is 0.969. The Balaban J connectivity index is 0.00000220. The number of amides is 2. The molecule has 1 aliphatic rings. The van der Waals surface area contributed by atoms with E-state index < -0.39 is 6.04 Å². The summed E-state index contributed by atoms with van der Waals surface area (Å²) in [4.78, 5) is 27.6. The highest BCUT2D eigenvalue weighted by Crippen LogP contribution is 2.11. The number of rotatable bonds is 3. The van der Waals surface area contributed by atoms with Gasteiger partial charge in [-0.2, -0.15) is 0 Å². The van der Waals surface area contributed by atoms with Gasteiger partial charge in [0.15, 0.2) is 5.76 Å². The van der Waals surface area contributed by atoms with Crippen molar-refractivity contribution in [3.05, 3.63) is 24.2 Å². The lowest BCUT2D eigenvalue weighted by molar-refractivity contribution is -0.135. The smallest absolute Gasteiger partial charge is 0.289 e. The topological polar surface area (TPSA) is 79.8 Å². The summed E-state index contributed by atoms with van der Waals surface area (Å²) in [5.74, 6) is 0.286. The average Bonchev–Trinajstić information content (AvgIpc) is 2.99. The maximum absolute atomic E-state index is 12.1. The molecule has 118 valence electrons. The first-order chi connectivity index (χ1) is 9.50. The second-order valence-corrected chi connectivity index (χ2v) is 5.36. The van der Waals surface area contributed by atoms with E-state index in [2.05, 4.69) is 0 Å². The molecule has 6 nitrogen and oxygen atoms in total. The molecule has 0 aromatic carbocycles. The number of furan rings is 1. The van der Waals surface area contributed by atoms with Gasteiger partial charge in [-0.3, -0.25) is 9.59 Å². The fourth-order valence-corrected chi connectivity index (χ4v) is 2.18. The molecule has 1 saturated heterocycles. The molecule has 7 heteroatoms. The van der Waals surface area contributed by atoms with Crippen molar-refractivity contribution in [3.8, 4) is 0 Å². The summed E-state index contributed by atoms with van der Waals surface area (Å²) in [5, 5.41) is 0. The van der Waals surface area contributed by atoms with Crippen LogP contribution in [0.5, 0.6) is 0 Å². The van der Waals surface area contributed by atoms with Crippen molar-refractivity contribution in [2.24, 2.45) is 11.7 Å². The lowest BCUT2D eigenvalue weighted by atomic mass is 10.0. The van der Waals surface area contributed by atoms with Crippen LogP contribution in [0.25, 0.3) is 0 Å². The van der Waals surface area contributed by atoms with Gasteiger partial charge in [0, 0.05) is 26.2 Å². The largest absolute Gasteiger partial charge is 0.459 e. The zero-order chi connectivity index (χ0) is 14.7. The molecular weight excluding hydrogens is 294 g/mol. The molecule has 1 atom stereocenters. The molecule has 0 unspecified atom stereocenters. The highest BCUT2D eigenvalue weighted by Gasteiger charge is 2.29. The van der Waals surface area contributed by atoms with E-state index in [0.717, 1.165) is 0 Å². The van der Waals surface area contributed by atoms with Crippen LogP contribution < -0.4 is 5.73 Å². The maximum atomic E-state index is 12.1. The molecule has 0 spiro atoms. The summed E-state index contributed by atoms with van der Waals surface area (Å²) >= 11 is 0. The number of halogens is 1. The monoisotopic (exact) mass is 315 g/mol. The van der Waals surface area contributed by atoms with Gasteiger partial charge >= 0.3 is 0 Å². The summed E-state index contributed by atoms with van der Waals surface area (Å²) < 4.78 is 5.10. The van der Waals surface area contributed by atoms with Crippen LogP contribution in [0.15, 0.2) is 22.8 Å². The van der Waals surface area contributed by atoms with E-state index in [1.165, 1.54) is 6.26 Å². The molecule has 2 N–H and O–H groups in total. The summed E-state index contributed by atoms with van der Waals surface area (Å²) in [6, 6.07) is 2.87. The van der Waals surface area contributed by atoms with Crippen molar-refractivity contribution >= 4 is 24.2 Å². The number of carbonyl (C=O) groups excluding carboxylic acids is 2. The number of nitrogens with two attached hydrogens (primary N) is 1. The van der Waals surface area contributed by atoms with Crippen molar-refractivity contribution in [1.82, 2.24) is 9.80 Å². The fourth-order valence-electron chi connectivity index (χ4n) is 2.18. The maximum Gasteiger partial charge on any atom is 0.289 e. The molecule has 1 aliphatic heterocycles. The van der Waals surface area contributed by atoms with E-state index in [4.69, 9.17) is 10.2 Å². The third-order valence-corrected chi connectivity index (χ3v) is 3.61. The molecule has 0 aliphatic carbocycles. The van der Waals surface area contributed by atoms with E-state index in [-0.39, 0.29) is 30.1 Å². The summed E-state index contributed by atoms with van der Waals surface area (Å²) in [6.45, 7) is 5.92. The number of nitrogens with zero attached hydrogens (tertiary/aromatic N) is 2. The first kappa shape index (κ1) is 17.5. The fraction of sp³-hybridized carbons (Fsp3) is 0.571. The molecule has 1 fully saturated rings. The molecule has 2 rings (SSSR count). The van der Waals surface area contributed by atoms with E-state index in [9.17, 15) is 9.59 Å². The summed E-state index contributed by atoms with van der Waals surface area (Å²) in [7, 11) is 0. The summed E-state index contributed by atoms with van der Waals surface area (Å²) in [6.07, 6.45) is 1.48. The highest BCUT2D eigenvalue weighted by atomic mass is 35.5. The third kappa shape index (κ3) is 3.98. The molecule has 0 radical (unpaired) electrons. The van der Waals surface area contributed by atoms with Crippen LogP contribution in [0.2, 0.25) is 0 Å². The van der Waals surface area contributed by atoms with Gasteiger partial charge in [-0.1, -0.05) is 13.8 Å². The van der Waals surface area contributed by atoms with Crippen LogP contribution in [0.1, 0.15) is 24.4 Å². The molecule has 2 heterocycles. The predicted molar refractivity (Wildman–Crippen MR) is 81.3 cm³/mol. The van der Waals surface area contributed by atoms with Gasteiger partial charge in [0.25, 0.3) is 5.91 Å². The first-order valence-corrected chi connectivity index (χ1v) is 6.88. The van der Waals surface area contributed by atoms with E-state index >= 15 is 0 Å². The SMILES string of the molecule is CC(C)[C@H](N)C(=O)N1CCN(C(=O)c2ccco2)CC1.Cl. The second kappa shape index (κ2) is 7.47. The Labute approximate surface area is 130 Å². The first-order valence-electron chi connectivity index (χ1n) is 6.88. The Morgan fingerprint density at radius 1 is 1.19 bits per heavy atom.